The van der Waals surface area contributed by atoms with Crippen LogP contribution in [-0.4, -0.2) is 48.3 Å². The number of thioether (sulfide) groups is 1. The maximum atomic E-state index is 13.9. The number of anilines is 1. The fourth-order valence-corrected chi connectivity index (χ4v) is 10.4. The Morgan fingerprint density at radius 1 is 1.02 bits per heavy atom. The maximum absolute atomic E-state index is 13.9. The summed E-state index contributed by atoms with van der Waals surface area (Å²) in [6.45, 7) is 1.83. The molecule has 2 aliphatic heterocycles. The van der Waals surface area contributed by atoms with Crippen LogP contribution in [0.1, 0.15) is 29.7 Å². The first kappa shape index (κ1) is 26.3. The number of esters is 1. The molecule has 2 amide bonds. The number of methoxy groups -OCH3 is 1. The van der Waals surface area contributed by atoms with Crippen LogP contribution in [0, 0.1) is 29.6 Å². The third kappa shape index (κ3) is 4.12. The lowest BCUT2D eigenvalue weighted by molar-refractivity contribution is -0.145. The van der Waals surface area contributed by atoms with Crippen molar-refractivity contribution in [1.29, 1.82) is 0 Å². The van der Waals surface area contributed by atoms with Crippen molar-refractivity contribution < 1.29 is 28.6 Å². The van der Waals surface area contributed by atoms with E-state index >= 15 is 0 Å². The van der Waals surface area contributed by atoms with E-state index in [1.807, 2.05) is 18.2 Å². The molecule has 9 nitrogen and oxygen atoms in total. The lowest BCUT2D eigenvalue weighted by Gasteiger charge is -2.43. The van der Waals surface area contributed by atoms with E-state index in [0.29, 0.717) is 17.2 Å². The summed E-state index contributed by atoms with van der Waals surface area (Å²) >= 11 is 2.86. The van der Waals surface area contributed by atoms with Crippen molar-refractivity contribution in [1.82, 2.24) is 4.98 Å². The van der Waals surface area contributed by atoms with Crippen molar-refractivity contribution in [2.75, 3.05) is 25.2 Å². The van der Waals surface area contributed by atoms with Gasteiger partial charge in [0.25, 0.3) is 0 Å². The molecular formula is C30H28N2O7S2. The van der Waals surface area contributed by atoms with E-state index in [-0.39, 0.29) is 70.7 Å². The molecule has 2 bridgehead atoms. The van der Waals surface area contributed by atoms with Gasteiger partial charge < -0.3 is 19.2 Å². The van der Waals surface area contributed by atoms with E-state index < -0.39 is 5.97 Å². The summed E-state index contributed by atoms with van der Waals surface area (Å²) in [5.74, 6) is -0.313. The molecule has 7 atom stereocenters. The Bertz CT molecular complexity index is 1600. The zero-order valence-electron chi connectivity index (χ0n) is 22.4. The highest BCUT2D eigenvalue weighted by Gasteiger charge is 2.69. The first-order valence-corrected chi connectivity index (χ1v) is 15.4. The molecule has 2 aromatic carbocycles. The van der Waals surface area contributed by atoms with Crippen LogP contribution in [-0.2, 0) is 19.1 Å². The van der Waals surface area contributed by atoms with Crippen molar-refractivity contribution in [2.24, 2.45) is 29.6 Å². The fourth-order valence-electron chi connectivity index (χ4n) is 7.52. The number of H-pyrrole nitrogens is 1. The van der Waals surface area contributed by atoms with Crippen LogP contribution in [0.5, 0.6) is 11.5 Å². The van der Waals surface area contributed by atoms with Gasteiger partial charge in [0.05, 0.1) is 36.3 Å². The number of carbonyl (C=O) groups excluding carboxylic acids is 3. The molecule has 41 heavy (non-hydrogen) atoms. The highest BCUT2D eigenvalue weighted by atomic mass is 32.2. The number of aromatic nitrogens is 1. The normalized spacial score (nSPS) is 29.2. The predicted molar refractivity (Wildman–Crippen MR) is 153 cm³/mol. The van der Waals surface area contributed by atoms with Gasteiger partial charge in [0.15, 0.2) is 6.61 Å². The number of aromatic amines is 1. The molecule has 1 saturated heterocycles. The largest absolute Gasteiger partial charge is 0.497 e. The first-order chi connectivity index (χ1) is 19.9. The number of rotatable bonds is 7. The maximum Gasteiger partial charge on any atom is 0.344 e. The second-order valence-electron chi connectivity index (χ2n) is 10.8. The monoisotopic (exact) mass is 592 g/mol. The van der Waals surface area contributed by atoms with E-state index in [2.05, 4.69) is 4.98 Å². The van der Waals surface area contributed by atoms with Crippen LogP contribution in [0.25, 0.3) is 0 Å². The van der Waals surface area contributed by atoms with Gasteiger partial charge in [-0.15, -0.1) is 11.8 Å². The van der Waals surface area contributed by atoms with Crippen molar-refractivity contribution in [3.8, 4) is 11.5 Å². The molecule has 3 heterocycles. The van der Waals surface area contributed by atoms with Gasteiger partial charge in [-0.1, -0.05) is 23.5 Å². The second kappa shape index (κ2) is 10.1. The smallest absolute Gasteiger partial charge is 0.344 e. The van der Waals surface area contributed by atoms with Crippen LogP contribution >= 0.6 is 23.1 Å². The fraction of sp³-hybridized carbons (Fsp3) is 0.400. The number of imide groups is 1. The molecule has 7 rings (SSSR count). The number of fused-ring (bicyclic) bond motifs is 9. The SMILES string of the molecule is CCOC(=O)COc1cccc([C@H]2c3sc(=O)[nH]c3SC3C4CC(C5C(=O)N(c6ccc(OC)cc6)C(=O)C45)C32)c1. The molecule has 1 N–H and O–H groups in total. The van der Waals surface area contributed by atoms with Gasteiger partial charge in [-0.2, -0.15) is 0 Å². The molecule has 2 saturated carbocycles. The van der Waals surface area contributed by atoms with Crippen molar-refractivity contribution in [2.45, 2.75) is 29.5 Å². The summed E-state index contributed by atoms with van der Waals surface area (Å²) in [7, 11) is 1.58. The topological polar surface area (TPSA) is 115 Å². The molecule has 0 radical (unpaired) electrons. The van der Waals surface area contributed by atoms with Gasteiger partial charge in [-0.05, 0) is 73.1 Å². The van der Waals surface area contributed by atoms with E-state index in [1.165, 1.54) is 16.2 Å². The number of nitrogens with zero attached hydrogens (tertiary/aromatic N) is 1. The lowest BCUT2D eigenvalue weighted by Crippen LogP contribution is -2.42. The van der Waals surface area contributed by atoms with Gasteiger partial charge in [0.1, 0.15) is 11.5 Å². The Labute approximate surface area is 244 Å². The first-order valence-electron chi connectivity index (χ1n) is 13.7. The summed E-state index contributed by atoms with van der Waals surface area (Å²) < 4.78 is 16.0. The number of benzene rings is 2. The van der Waals surface area contributed by atoms with Gasteiger partial charge in [0.2, 0.25) is 11.8 Å². The van der Waals surface area contributed by atoms with Crippen LogP contribution < -0.4 is 19.2 Å². The molecule has 2 aliphatic carbocycles. The minimum absolute atomic E-state index is 0.00153. The quantitative estimate of drug-likeness (QED) is 0.323. The third-order valence-corrected chi connectivity index (χ3v) is 11.5. The number of hydrogen-bond donors (Lipinski definition) is 1. The van der Waals surface area contributed by atoms with Crippen molar-refractivity contribution >= 4 is 46.6 Å². The summed E-state index contributed by atoms with van der Waals surface area (Å²) in [5.41, 5.74) is 1.53. The molecule has 1 aromatic heterocycles. The minimum Gasteiger partial charge on any atom is -0.497 e. The Balaban J connectivity index is 1.24. The molecule has 11 heteroatoms. The Morgan fingerprint density at radius 3 is 2.51 bits per heavy atom. The lowest BCUT2D eigenvalue weighted by atomic mass is 9.68. The Hall–Kier alpha value is -3.57. The highest BCUT2D eigenvalue weighted by molar-refractivity contribution is 8.00. The van der Waals surface area contributed by atoms with E-state index in [0.717, 1.165) is 21.9 Å². The predicted octanol–water partition coefficient (Wildman–Crippen LogP) is 4.06. The average Bonchev–Trinajstić information content (AvgIpc) is 3.71. The minimum atomic E-state index is -0.442. The van der Waals surface area contributed by atoms with Crippen molar-refractivity contribution in [3.63, 3.8) is 0 Å². The number of nitrogens with one attached hydrogen (secondary N) is 1. The molecule has 3 fully saturated rings. The summed E-state index contributed by atoms with van der Waals surface area (Å²) in [6.07, 6.45) is 0.806. The van der Waals surface area contributed by atoms with Gasteiger partial charge >= 0.3 is 10.8 Å². The number of amides is 2. The molecule has 0 spiro atoms. The summed E-state index contributed by atoms with van der Waals surface area (Å²) in [5, 5.41) is 0.928. The van der Waals surface area contributed by atoms with Gasteiger partial charge in [-0.25, -0.2) is 4.79 Å². The van der Waals surface area contributed by atoms with E-state index in [4.69, 9.17) is 14.2 Å². The Kier molecular flexibility index (Phi) is 6.46. The standard InChI is InChI=1S/C30H28N2O7S2/c1-3-38-20(33)13-39-17-6-4-5-14(11-17)21-22-18-12-19(25(22)40-27-26(21)41-30(36)31-27)24-23(18)28(34)32(29(24)35)15-7-9-16(37-2)10-8-15/h4-11,18-19,21-25H,3,12-13H2,1-2H3,(H,31,36)/t18?,19?,21-,22?,23?,24?,25?/m1/s1. The molecule has 212 valence electrons. The highest BCUT2D eigenvalue weighted by Crippen LogP contribution is 2.68. The Morgan fingerprint density at radius 2 is 1.78 bits per heavy atom. The van der Waals surface area contributed by atoms with Crippen molar-refractivity contribution in [3.05, 3.63) is 68.6 Å². The average molecular weight is 593 g/mol. The third-order valence-electron chi connectivity index (χ3n) is 8.93. The summed E-state index contributed by atoms with van der Waals surface area (Å²) in [6, 6.07) is 14.6. The number of carbonyl (C=O) groups is 3. The van der Waals surface area contributed by atoms with Gasteiger partial charge in [-0.3, -0.25) is 19.3 Å². The number of ether oxygens (including phenoxy) is 3. The van der Waals surface area contributed by atoms with Gasteiger partial charge in [0, 0.05) is 16.0 Å². The van der Waals surface area contributed by atoms with Crippen LogP contribution in [0.4, 0.5) is 5.69 Å². The van der Waals surface area contributed by atoms with E-state index in [1.54, 1.807) is 56.1 Å². The van der Waals surface area contributed by atoms with E-state index in [9.17, 15) is 19.2 Å². The second-order valence-corrected chi connectivity index (χ2v) is 13.0. The molecule has 4 aliphatic rings. The zero-order valence-corrected chi connectivity index (χ0v) is 24.0. The zero-order chi connectivity index (χ0) is 28.4. The van der Waals surface area contributed by atoms with Crippen LogP contribution in [0.3, 0.4) is 0 Å². The number of hydrogen-bond acceptors (Lipinski definition) is 9. The number of thiazole rings is 1. The summed E-state index contributed by atoms with van der Waals surface area (Å²) in [4.78, 5) is 57.3. The molecule has 6 unspecified atom stereocenters. The molecule has 3 aromatic rings. The van der Waals surface area contributed by atoms with Crippen LogP contribution in [0.15, 0.2) is 58.4 Å². The molecular weight excluding hydrogens is 564 g/mol. The van der Waals surface area contributed by atoms with Crippen LogP contribution in [0.2, 0.25) is 0 Å².